The number of aliphatic hydroxyl groups excluding tert-OH is 1. The fourth-order valence-electron chi connectivity index (χ4n) is 1.96. The minimum absolute atomic E-state index is 0.106. The molecular formula is C14H20F3NO2. The van der Waals surface area contributed by atoms with Gasteiger partial charge in [-0.25, -0.2) is 0 Å². The van der Waals surface area contributed by atoms with Crippen LogP contribution >= 0.6 is 0 Å². The second kappa shape index (κ2) is 7.06. The van der Waals surface area contributed by atoms with Crippen LogP contribution in [0, 0.1) is 6.92 Å². The predicted octanol–water partition coefficient (Wildman–Crippen LogP) is 2.15. The summed E-state index contributed by atoms with van der Waals surface area (Å²) in [6.07, 6.45) is -4.10. The number of rotatable bonds is 7. The van der Waals surface area contributed by atoms with Gasteiger partial charge in [0.2, 0.25) is 0 Å². The average molecular weight is 291 g/mol. The molecule has 1 aromatic carbocycles. The Morgan fingerprint density at radius 2 is 1.80 bits per heavy atom. The molecule has 0 aliphatic heterocycles. The highest BCUT2D eigenvalue weighted by Crippen LogP contribution is 2.27. The molecule has 0 amide bonds. The summed E-state index contributed by atoms with van der Waals surface area (Å²) in [5.74, 6) is 0. The summed E-state index contributed by atoms with van der Waals surface area (Å²) in [7, 11) is 0. The molecule has 0 heterocycles. The number of nitrogens with two attached hydrogens (primary N) is 1. The molecule has 0 saturated carbocycles. The van der Waals surface area contributed by atoms with Crippen molar-refractivity contribution in [1.29, 1.82) is 0 Å². The number of halogens is 3. The zero-order chi connectivity index (χ0) is 15.2. The number of aliphatic hydroxyl groups is 1. The number of alkyl halides is 3. The first kappa shape index (κ1) is 16.9. The van der Waals surface area contributed by atoms with Crippen LogP contribution in [0.3, 0.4) is 0 Å². The van der Waals surface area contributed by atoms with Crippen molar-refractivity contribution < 1.29 is 23.0 Å². The van der Waals surface area contributed by atoms with E-state index in [0.29, 0.717) is 0 Å². The summed E-state index contributed by atoms with van der Waals surface area (Å²) in [4.78, 5) is 0. The van der Waals surface area contributed by atoms with Gasteiger partial charge in [-0.05, 0) is 18.9 Å². The van der Waals surface area contributed by atoms with E-state index in [1.54, 1.807) is 0 Å². The molecule has 0 spiro atoms. The lowest BCUT2D eigenvalue weighted by Crippen LogP contribution is -2.40. The Bertz CT molecular complexity index is 400. The van der Waals surface area contributed by atoms with E-state index in [0.717, 1.165) is 11.1 Å². The average Bonchev–Trinajstić information content (AvgIpc) is 2.40. The monoisotopic (exact) mass is 291 g/mol. The number of aryl methyl sites for hydroxylation is 1. The molecule has 114 valence electrons. The second-order valence-electron chi connectivity index (χ2n) is 4.93. The molecule has 3 N–H and O–H groups in total. The fraction of sp³-hybridized carbons (Fsp3) is 0.571. The maximum Gasteiger partial charge on any atom is 0.411 e. The topological polar surface area (TPSA) is 55.5 Å². The third-order valence-electron chi connectivity index (χ3n) is 3.35. The van der Waals surface area contributed by atoms with Gasteiger partial charge in [0.15, 0.2) is 0 Å². The smallest absolute Gasteiger partial charge is 0.395 e. The SMILES string of the molecule is Cc1ccc(C(CN)(CO)CCOCC(F)(F)F)cc1. The standard InChI is InChI=1S/C14H20F3NO2/c1-11-2-4-12(5-3-11)13(8-18,9-19)6-7-20-10-14(15,16)17/h2-5,19H,6-10,18H2,1H3. The van der Waals surface area contributed by atoms with Gasteiger partial charge in [0.1, 0.15) is 6.61 Å². The molecule has 1 rings (SSSR count). The lowest BCUT2D eigenvalue weighted by molar-refractivity contribution is -0.175. The predicted molar refractivity (Wildman–Crippen MR) is 70.5 cm³/mol. The van der Waals surface area contributed by atoms with Crippen LogP contribution in [0.1, 0.15) is 17.5 Å². The summed E-state index contributed by atoms with van der Waals surface area (Å²) in [6, 6.07) is 7.43. The molecule has 6 heteroatoms. The largest absolute Gasteiger partial charge is 0.411 e. The Morgan fingerprint density at radius 1 is 1.20 bits per heavy atom. The van der Waals surface area contributed by atoms with Gasteiger partial charge in [0.25, 0.3) is 0 Å². The molecular weight excluding hydrogens is 271 g/mol. The molecule has 1 atom stereocenters. The number of ether oxygens (including phenoxy) is 1. The second-order valence-corrected chi connectivity index (χ2v) is 4.93. The molecule has 0 aliphatic rings. The van der Waals surface area contributed by atoms with Crippen molar-refractivity contribution in [3.63, 3.8) is 0 Å². The third kappa shape index (κ3) is 4.77. The zero-order valence-corrected chi connectivity index (χ0v) is 11.4. The van der Waals surface area contributed by atoms with Crippen molar-refractivity contribution in [3.8, 4) is 0 Å². The van der Waals surface area contributed by atoms with Gasteiger partial charge in [-0.1, -0.05) is 29.8 Å². The third-order valence-corrected chi connectivity index (χ3v) is 3.35. The van der Waals surface area contributed by atoms with E-state index in [4.69, 9.17) is 5.73 Å². The van der Waals surface area contributed by atoms with Crippen molar-refractivity contribution in [2.24, 2.45) is 5.73 Å². The summed E-state index contributed by atoms with van der Waals surface area (Å²) in [5, 5.41) is 9.60. The van der Waals surface area contributed by atoms with Crippen molar-refractivity contribution in [1.82, 2.24) is 0 Å². The van der Waals surface area contributed by atoms with Crippen LogP contribution in [-0.2, 0) is 10.2 Å². The normalized spacial score (nSPS) is 15.1. The van der Waals surface area contributed by atoms with Crippen LogP contribution in [0.25, 0.3) is 0 Å². The van der Waals surface area contributed by atoms with Gasteiger partial charge in [-0.3, -0.25) is 0 Å². The first-order valence-corrected chi connectivity index (χ1v) is 6.35. The molecule has 0 aliphatic carbocycles. The fourth-order valence-corrected chi connectivity index (χ4v) is 1.96. The molecule has 0 bridgehead atoms. The molecule has 0 saturated heterocycles. The Morgan fingerprint density at radius 3 is 2.25 bits per heavy atom. The quantitative estimate of drug-likeness (QED) is 0.757. The lowest BCUT2D eigenvalue weighted by Gasteiger charge is -2.31. The van der Waals surface area contributed by atoms with E-state index >= 15 is 0 Å². The molecule has 3 nitrogen and oxygen atoms in total. The van der Waals surface area contributed by atoms with Gasteiger partial charge in [0, 0.05) is 18.6 Å². The molecule has 0 fully saturated rings. The molecule has 0 radical (unpaired) electrons. The van der Waals surface area contributed by atoms with E-state index in [-0.39, 0.29) is 26.2 Å². The van der Waals surface area contributed by atoms with Crippen LogP contribution in [0.15, 0.2) is 24.3 Å². The minimum Gasteiger partial charge on any atom is -0.395 e. The first-order chi connectivity index (χ1) is 9.33. The molecule has 1 unspecified atom stereocenters. The summed E-state index contributed by atoms with van der Waals surface area (Å²) < 4.78 is 40.6. The number of hydrogen-bond acceptors (Lipinski definition) is 3. The van der Waals surface area contributed by atoms with E-state index in [2.05, 4.69) is 4.74 Å². The van der Waals surface area contributed by atoms with Crippen LogP contribution in [0.4, 0.5) is 13.2 Å². The Kier molecular flexibility index (Phi) is 5.98. The van der Waals surface area contributed by atoms with Gasteiger partial charge in [-0.2, -0.15) is 13.2 Å². The van der Waals surface area contributed by atoms with Crippen molar-refractivity contribution in [2.75, 3.05) is 26.4 Å². The van der Waals surface area contributed by atoms with Crippen LogP contribution in [0.5, 0.6) is 0 Å². The van der Waals surface area contributed by atoms with Crippen LogP contribution in [0.2, 0.25) is 0 Å². The molecule has 20 heavy (non-hydrogen) atoms. The highest BCUT2D eigenvalue weighted by molar-refractivity contribution is 5.29. The van der Waals surface area contributed by atoms with Crippen LogP contribution in [-0.4, -0.2) is 37.6 Å². The van der Waals surface area contributed by atoms with E-state index < -0.39 is 18.2 Å². The summed E-state index contributed by atoms with van der Waals surface area (Å²) in [6.45, 7) is 0.446. The Balaban J connectivity index is 2.69. The number of benzene rings is 1. The van der Waals surface area contributed by atoms with E-state index in [9.17, 15) is 18.3 Å². The van der Waals surface area contributed by atoms with Crippen LogP contribution < -0.4 is 5.73 Å². The molecule has 0 aromatic heterocycles. The van der Waals surface area contributed by atoms with E-state index in [1.165, 1.54) is 0 Å². The highest BCUT2D eigenvalue weighted by atomic mass is 19.4. The zero-order valence-electron chi connectivity index (χ0n) is 11.4. The first-order valence-electron chi connectivity index (χ1n) is 6.35. The lowest BCUT2D eigenvalue weighted by atomic mass is 9.78. The van der Waals surface area contributed by atoms with Gasteiger partial charge in [-0.15, -0.1) is 0 Å². The maximum atomic E-state index is 12.0. The summed E-state index contributed by atoms with van der Waals surface area (Å²) >= 11 is 0. The van der Waals surface area contributed by atoms with Gasteiger partial charge >= 0.3 is 6.18 Å². The minimum atomic E-state index is -4.34. The maximum absolute atomic E-state index is 12.0. The van der Waals surface area contributed by atoms with E-state index in [1.807, 2.05) is 31.2 Å². The number of hydrogen-bond donors (Lipinski definition) is 2. The highest BCUT2D eigenvalue weighted by Gasteiger charge is 2.31. The van der Waals surface area contributed by atoms with Crippen molar-refractivity contribution in [2.45, 2.75) is 24.9 Å². The summed E-state index contributed by atoms with van der Waals surface area (Å²) in [5.41, 5.74) is 6.82. The Hall–Kier alpha value is -1.11. The van der Waals surface area contributed by atoms with Crippen molar-refractivity contribution >= 4 is 0 Å². The Labute approximate surface area is 116 Å². The van der Waals surface area contributed by atoms with Gasteiger partial charge in [0.05, 0.1) is 6.61 Å². The van der Waals surface area contributed by atoms with Crippen molar-refractivity contribution in [3.05, 3.63) is 35.4 Å². The molecule has 1 aromatic rings. The van der Waals surface area contributed by atoms with Gasteiger partial charge < -0.3 is 15.6 Å².